The summed E-state index contributed by atoms with van der Waals surface area (Å²) in [4.78, 5) is 4.25. The smallest absolute Gasteiger partial charge is 0.240 e. The molecule has 14 heavy (non-hydrogen) atoms. The van der Waals surface area contributed by atoms with Gasteiger partial charge in [0.05, 0.1) is 16.8 Å². The fourth-order valence-electron chi connectivity index (χ4n) is 1.26. The van der Waals surface area contributed by atoms with Crippen molar-refractivity contribution in [2.45, 2.75) is 6.92 Å². The molecule has 2 rings (SSSR count). The molecule has 0 radical (unpaired) electrons. The summed E-state index contributed by atoms with van der Waals surface area (Å²) in [6.07, 6.45) is 0. The fraction of sp³-hybridized carbons (Fsp3) is 0.444. The number of nitrogens with zero attached hydrogens (tertiary/aromatic N) is 1. The van der Waals surface area contributed by atoms with Crippen molar-refractivity contribution in [2.75, 3.05) is 25.1 Å². The topological polar surface area (TPSA) is 43.4 Å². The number of anilines is 1. The molecule has 0 fully saturated rings. The minimum atomic E-state index is 0.579. The number of ether oxygens (including phenoxy) is 2. The Labute approximate surface area is 90.7 Å². The average Bonchev–Trinajstić information content (AvgIpc) is 2.19. The van der Waals surface area contributed by atoms with Gasteiger partial charge in [-0.25, -0.2) is 0 Å². The molecule has 1 aromatic rings. The molecule has 1 aliphatic heterocycles. The quantitative estimate of drug-likeness (QED) is 0.882. The van der Waals surface area contributed by atoms with Crippen LogP contribution in [0, 0.1) is 0 Å². The summed E-state index contributed by atoms with van der Waals surface area (Å²) in [6.45, 7) is 3.98. The highest BCUT2D eigenvalue weighted by Crippen LogP contribution is 2.33. The van der Waals surface area contributed by atoms with Gasteiger partial charge in [0, 0.05) is 6.54 Å². The van der Waals surface area contributed by atoms with Gasteiger partial charge in [0.25, 0.3) is 0 Å². The van der Waals surface area contributed by atoms with E-state index in [1.54, 1.807) is 0 Å². The van der Waals surface area contributed by atoms with Crippen LogP contribution in [0.5, 0.6) is 11.8 Å². The standard InChI is InChI=1S/C9H11BrN2O2/c1-2-13-8-6(10)5-7-9(12-8)14-4-3-11-7/h5,11H,2-4H2,1H3. The first kappa shape index (κ1) is 9.58. The number of fused-ring (bicyclic) bond motifs is 1. The number of hydrogen-bond donors (Lipinski definition) is 1. The summed E-state index contributed by atoms with van der Waals surface area (Å²) in [7, 11) is 0. The Hall–Kier alpha value is -0.970. The Bertz CT molecular complexity index is 344. The normalized spacial score (nSPS) is 13.9. The predicted octanol–water partition coefficient (Wildman–Crippen LogP) is 2.05. The van der Waals surface area contributed by atoms with Gasteiger partial charge in [0.15, 0.2) is 0 Å². The van der Waals surface area contributed by atoms with E-state index in [0.717, 1.165) is 16.7 Å². The van der Waals surface area contributed by atoms with Crippen molar-refractivity contribution in [1.82, 2.24) is 4.98 Å². The molecule has 0 unspecified atom stereocenters. The van der Waals surface area contributed by atoms with Crippen molar-refractivity contribution < 1.29 is 9.47 Å². The lowest BCUT2D eigenvalue weighted by molar-refractivity contribution is 0.288. The SMILES string of the molecule is CCOc1nc2c(cc1Br)NCCO2. The van der Waals surface area contributed by atoms with Crippen molar-refractivity contribution in [2.24, 2.45) is 0 Å². The van der Waals surface area contributed by atoms with E-state index in [0.29, 0.717) is 25.0 Å². The second-order valence-corrected chi connectivity index (χ2v) is 3.69. The predicted molar refractivity (Wildman–Crippen MR) is 57.1 cm³/mol. The summed E-state index contributed by atoms with van der Waals surface area (Å²) in [5, 5.41) is 3.20. The van der Waals surface area contributed by atoms with Crippen LogP contribution < -0.4 is 14.8 Å². The van der Waals surface area contributed by atoms with Gasteiger partial charge in [0.2, 0.25) is 11.8 Å². The molecule has 1 N–H and O–H groups in total. The van der Waals surface area contributed by atoms with E-state index in [4.69, 9.17) is 9.47 Å². The fourth-order valence-corrected chi connectivity index (χ4v) is 1.70. The van der Waals surface area contributed by atoms with Crippen molar-refractivity contribution in [3.05, 3.63) is 10.5 Å². The van der Waals surface area contributed by atoms with Crippen LogP contribution in [0.3, 0.4) is 0 Å². The highest BCUT2D eigenvalue weighted by molar-refractivity contribution is 9.10. The van der Waals surface area contributed by atoms with E-state index >= 15 is 0 Å². The van der Waals surface area contributed by atoms with Gasteiger partial charge in [0.1, 0.15) is 6.61 Å². The maximum atomic E-state index is 5.39. The van der Waals surface area contributed by atoms with Crippen LogP contribution in [0.2, 0.25) is 0 Å². The molecule has 0 amide bonds. The molecule has 0 spiro atoms. The first-order valence-corrected chi connectivity index (χ1v) is 5.30. The Balaban J connectivity index is 2.35. The lowest BCUT2D eigenvalue weighted by atomic mass is 10.3. The van der Waals surface area contributed by atoms with Crippen LogP contribution in [-0.4, -0.2) is 24.7 Å². The zero-order valence-corrected chi connectivity index (χ0v) is 9.43. The highest BCUT2D eigenvalue weighted by atomic mass is 79.9. The molecule has 2 heterocycles. The van der Waals surface area contributed by atoms with E-state index in [9.17, 15) is 0 Å². The third-order valence-corrected chi connectivity index (χ3v) is 2.41. The Morgan fingerprint density at radius 2 is 2.57 bits per heavy atom. The van der Waals surface area contributed by atoms with Gasteiger partial charge in [-0.2, -0.15) is 4.98 Å². The number of aromatic nitrogens is 1. The van der Waals surface area contributed by atoms with Crippen LogP contribution in [0.1, 0.15) is 6.92 Å². The molecule has 0 atom stereocenters. The largest absolute Gasteiger partial charge is 0.477 e. The lowest BCUT2D eigenvalue weighted by Gasteiger charge is -2.19. The molecule has 1 aromatic heterocycles. The Morgan fingerprint density at radius 1 is 1.71 bits per heavy atom. The molecule has 0 saturated carbocycles. The second kappa shape index (κ2) is 4.04. The molecule has 76 valence electrons. The molecule has 0 bridgehead atoms. The van der Waals surface area contributed by atoms with Crippen LogP contribution in [0.15, 0.2) is 10.5 Å². The van der Waals surface area contributed by atoms with Crippen LogP contribution >= 0.6 is 15.9 Å². The summed E-state index contributed by atoms with van der Waals surface area (Å²) in [5.41, 5.74) is 0.909. The number of hydrogen-bond acceptors (Lipinski definition) is 4. The van der Waals surface area contributed by atoms with E-state index in [2.05, 4.69) is 26.2 Å². The maximum absolute atomic E-state index is 5.39. The molecule has 0 saturated heterocycles. The van der Waals surface area contributed by atoms with Crippen molar-refractivity contribution in [3.8, 4) is 11.8 Å². The van der Waals surface area contributed by atoms with Gasteiger partial charge in [-0.1, -0.05) is 0 Å². The van der Waals surface area contributed by atoms with Gasteiger partial charge < -0.3 is 14.8 Å². The maximum Gasteiger partial charge on any atom is 0.240 e. The van der Waals surface area contributed by atoms with Gasteiger partial charge in [-0.15, -0.1) is 0 Å². The highest BCUT2D eigenvalue weighted by Gasteiger charge is 2.15. The Kier molecular flexibility index (Phi) is 2.77. The van der Waals surface area contributed by atoms with Crippen molar-refractivity contribution >= 4 is 21.6 Å². The average molecular weight is 259 g/mol. The zero-order valence-electron chi connectivity index (χ0n) is 7.84. The first-order valence-electron chi connectivity index (χ1n) is 4.51. The van der Waals surface area contributed by atoms with Gasteiger partial charge in [-0.3, -0.25) is 0 Å². The summed E-state index contributed by atoms with van der Waals surface area (Å²) < 4.78 is 11.6. The number of nitrogens with one attached hydrogen (secondary N) is 1. The summed E-state index contributed by atoms with van der Waals surface area (Å²) in [5.74, 6) is 1.19. The van der Waals surface area contributed by atoms with E-state index in [-0.39, 0.29) is 0 Å². The van der Waals surface area contributed by atoms with E-state index < -0.39 is 0 Å². The van der Waals surface area contributed by atoms with Crippen LogP contribution in [-0.2, 0) is 0 Å². The first-order chi connectivity index (χ1) is 6.81. The Morgan fingerprint density at radius 3 is 3.36 bits per heavy atom. The number of rotatable bonds is 2. The number of pyridine rings is 1. The molecule has 1 aliphatic rings. The van der Waals surface area contributed by atoms with E-state index in [1.807, 2.05) is 13.0 Å². The van der Waals surface area contributed by atoms with Crippen LogP contribution in [0.4, 0.5) is 5.69 Å². The summed E-state index contributed by atoms with van der Waals surface area (Å²) >= 11 is 3.39. The van der Waals surface area contributed by atoms with Gasteiger partial charge in [-0.05, 0) is 28.9 Å². The van der Waals surface area contributed by atoms with Crippen molar-refractivity contribution in [3.63, 3.8) is 0 Å². The minimum Gasteiger partial charge on any atom is -0.477 e. The van der Waals surface area contributed by atoms with Crippen molar-refractivity contribution in [1.29, 1.82) is 0 Å². The lowest BCUT2D eigenvalue weighted by Crippen LogP contribution is -2.19. The van der Waals surface area contributed by atoms with E-state index in [1.165, 1.54) is 0 Å². The third-order valence-electron chi connectivity index (χ3n) is 1.85. The van der Waals surface area contributed by atoms with Gasteiger partial charge >= 0.3 is 0 Å². The molecule has 0 aromatic carbocycles. The molecule has 0 aliphatic carbocycles. The molecular weight excluding hydrogens is 248 g/mol. The third kappa shape index (κ3) is 1.77. The van der Waals surface area contributed by atoms with Crippen LogP contribution in [0.25, 0.3) is 0 Å². The number of halogens is 1. The molecule has 4 nitrogen and oxygen atoms in total. The minimum absolute atomic E-state index is 0.579. The summed E-state index contributed by atoms with van der Waals surface area (Å²) in [6, 6.07) is 1.92. The second-order valence-electron chi connectivity index (χ2n) is 2.84. The molecule has 5 heteroatoms. The monoisotopic (exact) mass is 258 g/mol. The zero-order chi connectivity index (χ0) is 9.97. The molecular formula is C9H11BrN2O2.